The molecule has 2 aliphatic rings. The highest BCUT2D eigenvalue weighted by molar-refractivity contribution is 5.72. The average Bonchev–Trinajstić information content (AvgIpc) is 3.03. The van der Waals surface area contributed by atoms with Crippen LogP contribution in [0.1, 0.15) is 32.1 Å². The zero-order valence-electron chi connectivity index (χ0n) is 8.63. The van der Waals surface area contributed by atoms with Crippen molar-refractivity contribution < 1.29 is 9.53 Å². The molecule has 1 atom stereocenters. The lowest BCUT2D eigenvalue weighted by Gasteiger charge is -2.21. The Bertz CT molecular complexity index is 195. The minimum Gasteiger partial charge on any atom is -0.465 e. The lowest BCUT2D eigenvalue weighted by molar-refractivity contribution is -0.149. The molecule has 2 fully saturated rings. The van der Waals surface area contributed by atoms with Crippen molar-refractivity contribution in [2.45, 2.75) is 32.1 Å². The van der Waals surface area contributed by atoms with E-state index in [1.807, 2.05) is 0 Å². The Labute approximate surface area is 85.2 Å². The summed E-state index contributed by atoms with van der Waals surface area (Å²) in [7, 11) is 0. The molecule has 1 unspecified atom stereocenters. The molecule has 0 aromatic rings. The molecule has 0 bridgehead atoms. The first-order valence-corrected chi connectivity index (χ1v) is 5.73. The fourth-order valence-electron chi connectivity index (χ4n) is 1.90. The molecule has 1 saturated heterocycles. The van der Waals surface area contributed by atoms with E-state index in [0.29, 0.717) is 6.61 Å². The molecular weight excluding hydrogens is 178 g/mol. The maximum Gasteiger partial charge on any atom is 0.310 e. The third kappa shape index (κ3) is 2.98. The predicted molar refractivity (Wildman–Crippen MR) is 53.9 cm³/mol. The van der Waals surface area contributed by atoms with Gasteiger partial charge in [-0.2, -0.15) is 0 Å². The summed E-state index contributed by atoms with van der Waals surface area (Å²) in [5.74, 6) is 0.980. The molecule has 0 radical (unpaired) electrons. The maximum absolute atomic E-state index is 11.5. The van der Waals surface area contributed by atoms with Gasteiger partial charge in [0, 0.05) is 6.54 Å². The Morgan fingerprint density at radius 3 is 2.86 bits per heavy atom. The summed E-state index contributed by atoms with van der Waals surface area (Å²) in [6.45, 7) is 2.49. The highest BCUT2D eigenvalue weighted by Crippen LogP contribution is 2.32. The van der Waals surface area contributed by atoms with Gasteiger partial charge >= 0.3 is 5.97 Å². The summed E-state index contributed by atoms with van der Waals surface area (Å²) in [6, 6.07) is 0. The number of carbonyl (C=O) groups is 1. The first-order chi connectivity index (χ1) is 6.86. The van der Waals surface area contributed by atoms with Crippen LogP contribution in [-0.4, -0.2) is 25.7 Å². The lowest BCUT2D eigenvalue weighted by Crippen LogP contribution is -2.35. The van der Waals surface area contributed by atoms with E-state index in [1.54, 1.807) is 0 Å². The molecule has 0 aromatic heterocycles. The smallest absolute Gasteiger partial charge is 0.310 e. The Kier molecular flexibility index (Phi) is 3.40. The molecule has 0 spiro atoms. The first kappa shape index (κ1) is 9.97. The maximum atomic E-state index is 11.5. The summed E-state index contributed by atoms with van der Waals surface area (Å²) in [6.07, 6.45) is 5.84. The van der Waals surface area contributed by atoms with Crippen molar-refractivity contribution in [3.05, 3.63) is 0 Å². The number of nitrogens with one attached hydrogen (secondary N) is 1. The Morgan fingerprint density at radius 1 is 1.36 bits per heavy atom. The van der Waals surface area contributed by atoms with E-state index < -0.39 is 0 Å². The van der Waals surface area contributed by atoms with Gasteiger partial charge in [0.15, 0.2) is 0 Å². The zero-order valence-corrected chi connectivity index (χ0v) is 8.63. The van der Waals surface area contributed by atoms with E-state index in [0.717, 1.165) is 38.3 Å². The topological polar surface area (TPSA) is 38.3 Å². The van der Waals surface area contributed by atoms with E-state index in [2.05, 4.69) is 5.32 Å². The summed E-state index contributed by atoms with van der Waals surface area (Å²) < 4.78 is 5.25. The van der Waals surface area contributed by atoms with E-state index in [-0.39, 0.29) is 11.9 Å². The van der Waals surface area contributed by atoms with E-state index in [1.165, 1.54) is 12.8 Å². The number of piperidine rings is 1. The number of carbonyl (C=O) groups excluding carboxylic acids is 1. The van der Waals surface area contributed by atoms with Crippen molar-refractivity contribution >= 4 is 5.97 Å². The average molecular weight is 197 g/mol. The predicted octanol–water partition coefficient (Wildman–Crippen LogP) is 1.33. The molecule has 1 heterocycles. The number of hydrogen-bond acceptors (Lipinski definition) is 3. The zero-order chi connectivity index (χ0) is 9.80. The second kappa shape index (κ2) is 4.78. The third-order valence-corrected chi connectivity index (χ3v) is 3.10. The van der Waals surface area contributed by atoms with E-state index in [4.69, 9.17) is 4.74 Å². The van der Waals surface area contributed by atoms with Crippen molar-refractivity contribution in [1.82, 2.24) is 5.32 Å². The molecule has 3 nitrogen and oxygen atoms in total. The molecule has 80 valence electrons. The highest BCUT2D eigenvalue weighted by Gasteiger charge is 2.24. The number of hydrogen-bond donors (Lipinski definition) is 1. The van der Waals surface area contributed by atoms with Crippen LogP contribution in [0, 0.1) is 11.8 Å². The highest BCUT2D eigenvalue weighted by atomic mass is 16.5. The fourth-order valence-corrected chi connectivity index (χ4v) is 1.90. The molecule has 0 amide bonds. The first-order valence-electron chi connectivity index (χ1n) is 5.73. The van der Waals surface area contributed by atoms with Crippen LogP contribution in [0.25, 0.3) is 0 Å². The summed E-state index contributed by atoms with van der Waals surface area (Å²) in [5.41, 5.74) is 0. The van der Waals surface area contributed by atoms with Gasteiger partial charge in [0.1, 0.15) is 0 Å². The van der Waals surface area contributed by atoms with Crippen LogP contribution < -0.4 is 5.32 Å². The van der Waals surface area contributed by atoms with Gasteiger partial charge in [-0.25, -0.2) is 0 Å². The van der Waals surface area contributed by atoms with Crippen LogP contribution in [0.4, 0.5) is 0 Å². The second-order valence-electron chi connectivity index (χ2n) is 4.44. The molecule has 2 rings (SSSR count). The van der Waals surface area contributed by atoms with Gasteiger partial charge in [-0.15, -0.1) is 0 Å². The van der Waals surface area contributed by atoms with Crippen LogP contribution in [0.2, 0.25) is 0 Å². The van der Waals surface area contributed by atoms with Crippen molar-refractivity contribution in [3.63, 3.8) is 0 Å². The van der Waals surface area contributed by atoms with Gasteiger partial charge < -0.3 is 10.1 Å². The molecule has 1 aliphatic heterocycles. The van der Waals surface area contributed by atoms with Gasteiger partial charge in [-0.05, 0) is 31.7 Å². The van der Waals surface area contributed by atoms with Gasteiger partial charge in [0.25, 0.3) is 0 Å². The van der Waals surface area contributed by atoms with Crippen LogP contribution in [-0.2, 0) is 9.53 Å². The normalized spacial score (nSPS) is 27.3. The molecule has 1 aliphatic carbocycles. The minimum atomic E-state index is 0.0119. The largest absolute Gasteiger partial charge is 0.465 e. The van der Waals surface area contributed by atoms with Crippen LogP contribution in [0.5, 0.6) is 0 Å². The monoisotopic (exact) mass is 197 g/mol. The Hall–Kier alpha value is -0.570. The number of ether oxygens (including phenoxy) is 1. The summed E-state index contributed by atoms with van der Waals surface area (Å²) >= 11 is 0. The quantitative estimate of drug-likeness (QED) is 0.691. The van der Waals surface area contributed by atoms with E-state index in [9.17, 15) is 4.79 Å². The SMILES string of the molecule is O=C(OCCC1CC1)C1CCCNC1. The molecular formula is C11H19NO2. The number of rotatable bonds is 4. The van der Waals surface area contributed by atoms with Crippen LogP contribution >= 0.6 is 0 Å². The summed E-state index contributed by atoms with van der Waals surface area (Å²) in [4.78, 5) is 11.5. The van der Waals surface area contributed by atoms with Crippen LogP contribution in [0.3, 0.4) is 0 Å². The molecule has 1 N–H and O–H groups in total. The van der Waals surface area contributed by atoms with Crippen molar-refractivity contribution in [3.8, 4) is 0 Å². The van der Waals surface area contributed by atoms with Gasteiger partial charge in [0.05, 0.1) is 12.5 Å². The molecule has 14 heavy (non-hydrogen) atoms. The van der Waals surface area contributed by atoms with Crippen LogP contribution in [0.15, 0.2) is 0 Å². The standard InChI is InChI=1S/C11H19NO2/c13-11(10-2-1-6-12-8-10)14-7-5-9-3-4-9/h9-10,12H,1-8H2. The van der Waals surface area contributed by atoms with Crippen molar-refractivity contribution in [2.75, 3.05) is 19.7 Å². The lowest BCUT2D eigenvalue weighted by atomic mass is 10.0. The third-order valence-electron chi connectivity index (χ3n) is 3.10. The fraction of sp³-hybridized carbons (Fsp3) is 0.909. The number of esters is 1. The Morgan fingerprint density at radius 2 is 2.21 bits per heavy atom. The van der Waals surface area contributed by atoms with Gasteiger partial charge in [-0.1, -0.05) is 12.8 Å². The minimum absolute atomic E-state index is 0.0119. The van der Waals surface area contributed by atoms with E-state index >= 15 is 0 Å². The van der Waals surface area contributed by atoms with Crippen molar-refractivity contribution in [2.24, 2.45) is 11.8 Å². The van der Waals surface area contributed by atoms with Gasteiger partial charge in [0.2, 0.25) is 0 Å². The second-order valence-corrected chi connectivity index (χ2v) is 4.44. The van der Waals surface area contributed by atoms with Gasteiger partial charge in [-0.3, -0.25) is 4.79 Å². The van der Waals surface area contributed by atoms with Crippen molar-refractivity contribution in [1.29, 1.82) is 0 Å². The molecule has 3 heteroatoms. The Balaban J connectivity index is 1.60. The summed E-state index contributed by atoms with van der Waals surface area (Å²) in [5, 5.41) is 3.23. The molecule has 0 aromatic carbocycles. The molecule has 1 saturated carbocycles.